The fraction of sp³-hybridized carbons (Fsp3) is 0.294. The van der Waals surface area contributed by atoms with Crippen LogP contribution in [0.15, 0.2) is 53.7 Å². The Morgan fingerprint density at radius 2 is 1.79 bits per heavy atom. The number of hydrogen-bond donors (Lipinski definition) is 0. The van der Waals surface area contributed by atoms with Crippen LogP contribution < -0.4 is 0 Å². The molecule has 0 unspecified atom stereocenters. The van der Waals surface area contributed by atoms with Crippen molar-refractivity contribution in [2.45, 2.75) is 11.4 Å². The Balaban J connectivity index is 1.66. The number of hydrogen-bond acceptors (Lipinski definition) is 5. The van der Waals surface area contributed by atoms with Gasteiger partial charge in [0.25, 0.3) is 0 Å². The van der Waals surface area contributed by atoms with Crippen molar-refractivity contribution >= 4 is 10.0 Å². The summed E-state index contributed by atoms with van der Waals surface area (Å²) in [6.07, 6.45) is 3.52. The zero-order valence-corrected chi connectivity index (χ0v) is 14.0. The highest BCUT2D eigenvalue weighted by atomic mass is 32.2. The molecule has 2 aromatic rings. The summed E-state index contributed by atoms with van der Waals surface area (Å²) < 4.78 is 26.9. The highest BCUT2D eigenvalue weighted by Gasteiger charge is 2.28. The lowest BCUT2D eigenvalue weighted by atomic mass is 10.2. The standard InChI is InChI=1S/C17H18N4O2S/c18-13-16-2-1-3-17(12-16)24(22,23)21-10-8-20(9-11-21)14-15-4-6-19-7-5-15/h1-7,12H,8-11,14H2. The summed E-state index contributed by atoms with van der Waals surface area (Å²) in [5.41, 5.74) is 1.52. The van der Waals surface area contributed by atoms with Gasteiger partial charge in [-0.15, -0.1) is 0 Å². The van der Waals surface area contributed by atoms with Gasteiger partial charge < -0.3 is 0 Å². The van der Waals surface area contributed by atoms with E-state index in [0.29, 0.717) is 31.7 Å². The van der Waals surface area contributed by atoms with Crippen LogP contribution in [0.3, 0.4) is 0 Å². The summed E-state index contributed by atoms with van der Waals surface area (Å²) in [6, 6.07) is 12.1. The van der Waals surface area contributed by atoms with Gasteiger partial charge in [0.05, 0.1) is 16.5 Å². The number of nitriles is 1. The number of piperazine rings is 1. The van der Waals surface area contributed by atoms with E-state index in [1.807, 2.05) is 18.2 Å². The van der Waals surface area contributed by atoms with Crippen molar-refractivity contribution in [1.29, 1.82) is 5.26 Å². The summed E-state index contributed by atoms with van der Waals surface area (Å²) in [5.74, 6) is 0. The summed E-state index contributed by atoms with van der Waals surface area (Å²) in [5, 5.41) is 8.94. The monoisotopic (exact) mass is 342 g/mol. The fourth-order valence-electron chi connectivity index (χ4n) is 2.75. The Morgan fingerprint density at radius 1 is 1.08 bits per heavy atom. The molecule has 0 amide bonds. The van der Waals surface area contributed by atoms with E-state index in [9.17, 15) is 8.42 Å². The van der Waals surface area contributed by atoms with E-state index in [2.05, 4.69) is 9.88 Å². The predicted molar refractivity (Wildman–Crippen MR) is 89.4 cm³/mol. The van der Waals surface area contributed by atoms with Crippen molar-refractivity contribution < 1.29 is 8.42 Å². The minimum absolute atomic E-state index is 0.184. The third-order valence-electron chi connectivity index (χ3n) is 4.09. The van der Waals surface area contributed by atoms with Crippen LogP contribution in [0.1, 0.15) is 11.1 Å². The molecule has 124 valence electrons. The van der Waals surface area contributed by atoms with Crippen molar-refractivity contribution in [3.8, 4) is 6.07 Å². The smallest absolute Gasteiger partial charge is 0.243 e. The van der Waals surface area contributed by atoms with Crippen LogP contribution in [0.25, 0.3) is 0 Å². The lowest BCUT2D eigenvalue weighted by Gasteiger charge is -2.34. The number of nitrogens with zero attached hydrogens (tertiary/aromatic N) is 4. The Labute approximate surface area is 142 Å². The number of rotatable bonds is 4. The molecule has 6 nitrogen and oxygen atoms in total. The molecule has 1 saturated heterocycles. The zero-order chi connectivity index (χ0) is 17.0. The van der Waals surface area contributed by atoms with Gasteiger partial charge in [0.2, 0.25) is 10.0 Å². The SMILES string of the molecule is N#Cc1cccc(S(=O)(=O)N2CCN(Cc3ccncc3)CC2)c1. The summed E-state index contributed by atoms with van der Waals surface area (Å²) >= 11 is 0. The zero-order valence-electron chi connectivity index (χ0n) is 13.2. The lowest BCUT2D eigenvalue weighted by molar-refractivity contribution is 0.181. The first-order valence-electron chi connectivity index (χ1n) is 7.71. The van der Waals surface area contributed by atoms with E-state index in [1.54, 1.807) is 30.6 Å². The third-order valence-corrected chi connectivity index (χ3v) is 5.98. The van der Waals surface area contributed by atoms with Crippen molar-refractivity contribution in [1.82, 2.24) is 14.2 Å². The molecule has 1 aliphatic heterocycles. The van der Waals surface area contributed by atoms with Gasteiger partial charge in [-0.3, -0.25) is 9.88 Å². The topological polar surface area (TPSA) is 77.3 Å². The summed E-state index contributed by atoms with van der Waals surface area (Å²) in [4.78, 5) is 6.42. The molecular weight excluding hydrogens is 324 g/mol. The molecule has 7 heteroatoms. The van der Waals surface area contributed by atoms with Crippen molar-refractivity contribution in [2.24, 2.45) is 0 Å². The van der Waals surface area contributed by atoms with Crippen LogP contribution in [0.2, 0.25) is 0 Å². The Bertz CT molecular complexity index is 838. The summed E-state index contributed by atoms with van der Waals surface area (Å²) in [7, 11) is -3.55. The lowest BCUT2D eigenvalue weighted by Crippen LogP contribution is -2.48. The van der Waals surface area contributed by atoms with E-state index in [0.717, 1.165) is 6.54 Å². The molecule has 3 rings (SSSR count). The van der Waals surface area contributed by atoms with Crippen LogP contribution in [0.4, 0.5) is 0 Å². The molecule has 0 atom stereocenters. The minimum atomic E-state index is -3.55. The first-order chi connectivity index (χ1) is 11.6. The molecular formula is C17H18N4O2S. The third kappa shape index (κ3) is 3.62. The predicted octanol–water partition coefficient (Wildman–Crippen LogP) is 1.46. The Hall–Kier alpha value is -2.27. The first-order valence-corrected chi connectivity index (χ1v) is 9.15. The largest absolute Gasteiger partial charge is 0.296 e. The van der Waals surface area contributed by atoms with Gasteiger partial charge in [-0.25, -0.2) is 8.42 Å². The highest BCUT2D eigenvalue weighted by molar-refractivity contribution is 7.89. The Morgan fingerprint density at radius 3 is 2.46 bits per heavy atom. The number of benzene rings is 1. The molecule has 1 aromatic heterocycles. The van der Waals surface area contributed by atoms with Crippen molar-refractivity contribution in [3.05, 3.63) is 59.9 Å². The maximum Gasteiger partial charge on any atom is 0.243 e. The second-order valence-corrected chi connectivity index (χ2v) is 7.61. The van der Waals surface area contributed by atoms with Crippen LogP contribution in [0, 0.1) is 11.3 Å². The number of sulfonamides is 1. The van der Waals surface area contributed by atoms with Crippen LogP contribution in [-0.2, 0) is 16.6 Å². The first kappa shape index (κ1) is 16.6. The van der Waals surface area contributed by atoms with E-state index in [1.165, 1.54) is 15.9 Å². The maximum atomic E-state index is 12.7. The number of aromatic nitrogens is 1. The highest BCUT2D eigenvalue weighted by Crippen LogP contribution is 2.19. The summed E-state index contributed by atoms with van der Waals surface area (Å²) in [6.45, 7) is 3.05. The molecule has 0 bridgehead atoms. The Kier molecular flexibility index (Phi) is 4.90. The van der Waals surface area contributed by atoms with Crippen LogP contribution in [0.5, 0.6) is 0 Å². The molecule has 24 heavy (non-hydrogen) atoms. The van der Waals surface area contributed by atoms with Gasteiger partial charge >= 0.3 is 0 Å². The minimum Gasteiger partial charge on any atom is -0.296 e. The molecule has 0 radical (unpaired) electrons. The van der Waals surface area contributed by atoms with Gasteiger partial charge in [-0.2, -0.15) is 9.57 Å². The van der Waals surface area contributed by atoms with E-state index >= 15 is 0 Å². The molecule has 1 aromatic carbocycles. The van der Waals surface area contributed by atoms with Gasteiger partial charge in [-0.1, -0.05) is 6.07 Å². The molecule has 1 fully saturated rings. The van der Waals surface area contributed by atoms with Crippen molar-refractivity contribution in [3.63, 3.8) is 0 Å². The average Bonchev–Trinajstić information content (AvgIpc) is 2.63. The van der Waals surface area contributed by atoms with Crippen molar-refractivity contribution in [2.75, 3.05) is 26.2 Å². The van der Waals surface area contributed by atoms with E-state index in [-0.39, 0.29) is 4.90 Å². The van der Waals surface area contributed by atoms with Gasteiger partial charge in [0, 0.05) is 45.1 Å². The molecule has 0 N–H and O–H groups in total. The second-order valence-electron chi connectivity index (χ2n) is 5.68. The van der Waals surface area contributed by atoms with E-state index < -0.39 is 10.0 Å². The van der Waals surface area contributed by atoms with Gasteiger partial charge in [-0.05, 0) is 35.9 Å². The molecule has 2 heterocycles. The quantitative estimate of drug-likeness (QED) is 0.841. The molecule has 1 aliphatic rings. The van der Waals surface area contributed by atoms with Gasteiger partial charge in [0.1, 0.15) is 0 Å². The van der Waals surface area contributed by atoms with Crippen LogP contribution in [-0.4, -0.2) is 48.8 Å². The van der Waals surface area contributed by atoms with E-state index in [4.69, 9.17) is 5.26 Å². The molecule has 0 aliphatic carbocycles. The molecule has 0 saturated carbocycles. The number of pyridine rings is 1. The van der Waals surface area contributed by atoms with Crippen LogP contribution >= 0.6 is 0 Å². The maximum absolute atomic E-state index is 12.7. The van der Waals surface area contributed by atoms with Gasteiger partial charge in [0.15, 0.2) is 0 Å². The fourth-order valence-corrected chi connectivity index (χ4v) is 4.22. The molecule has 0 spiro atoms. The normalized spacial score (nSPS) is 16.6. The second kappa shape index (κ2) is 7.09. The average molecular weight is 342 g/mol.